The van der Waals surface area contributed by atoms with Crippen molar-refractivity contribution in [1.29, 1.82) is 0 Å². The molecular formula is C14H22N4O. The van der Waals surface area contributed by atoms with Gasteiger partial charge in [-0.1, -0.05) is 30.3 Å². The Hall–Kier alpha value is -2.04. The highest BCUT2D eigenvalue weighted by Crippen LogP contribution is 1.99. The molecule has 0 aliphatic heterocycles. The van der Waals surface area contributed by atoms with Crippen molar-refractivity contribution >= 4 is 11.9 Å². The maximum Gasteiger partial charge on any atom is 0.239 e. The van der Waals surface area contributed by atoms with Crippen LogP contribution in [0.5, 0.6) is 0 Å². The van der Waals surface area contributed by atoms with Crippen molar-refractivity contribution in [3.63, 3.8) is 0 Å². The second kappa shape index (κ2) is 8.97. The fourth-order valence-electron chi connectivity index (χ4n) is 1.52. The number of hydrogen-bond acceptors (Lipinski definition) is 2. The Labute approximate surface area is 114 Å². The van der Waals surface area contributed by atoms with Crippen LogP contribution in [-0.4, -0.2) is 31.5 Å². The summed E-state index contributed by atoms with van der Waals surface area (Å²) in [6.07, 6.45) is 0. The molecule has 0 bridgehead atoms. The van der Waals surface area contributed by atoms with E-state index in [-0.39, 0.29) is 12.5 Å². The normalized spacial score (nSPS) is 10.9. The number of benzene rings is 1. The van der Waals surface area contributed by atoms with Gasteiger partial charge in [0, 0.05) is 13.1 Å². The maximum atomic E-state index is 11.4. The number of amides is 1. The summed E-state index contributed by atoms with van der Waals surface area (Å²) in [6.45, 7) is 6.10. The molecule has 0 aliphatic rings. The van der Waals surface area contributed by atoms with Crippen LogP contribution < -0.4 is 16.0 Å². The lowest BCUT2D eigenvalue weighted by atomic mass is 10.2. The van der Waals surface area contributed by atoms with Crippen molar-refractivity contribution in [2.24, 2.45) is 4.99 Å². The molecule has 1 aromatic rings. The van der Waals surface area contributed by atoms with E-state index in [0.29, 0.717) is 19.0 Å². The average Bonchev–Trinajstić information content (AvgIpc) is 2.43. The number of nitrogens with one attached hydrogen (secondary N) is 3. The van der Waals surface area contributed by atoms with E-state index in [1.54, 1.807) is 0 Å². The fraction of sp³-hybridized carbons (Fsp3) is 0.429. The lowest BCUT2D eigenvalue weighted by Crippen LogP contribution is -2.43. The molecule has 0 atom stereocenters. The molecule has 19 heavy (non-hydrogen) atoms. The first kappa shape index (κ1) is 15.0. The van der Waals surface area contributed by atoms with Crippen molar-refractivity contribution in [1.82, 2.24) is 16.0 Å². The van der Waals surface area contributed by atoms with Gasteiger partial charge in [0.2, 0.25) is 5.91 Å². The average molecular weight is 262 g/mol. The number of nitrogens with zero attached hydrogens (tertiary/aromatic N) is 1. The summed E-state index contributed by atoms with van der Waals surface area (Å²) in [5, 5.41) is 8.84. The Kier molecular flexibility index (Phi) is 7.09. The molecule has 1 rings (SSSR count). The lowest BCUT2D eigenvalue weighted by Gasteiger charge is -2.11. The molecule has 0 radical (unpaired) electrons. The van der Waals surface area contributed by atoms with Gasteiger partial charge >= 0.3 is 0 Å². The molecule has 0 fully saturated rings. The topological polar surface area (TPSA) is 65.5 Å². The van der Waals surface area contributed by atoms with Crippen LogP contribution in [0.15, 0.2) is 35.3 Å². The molecule has 0 heterocycles. The van der Waals surface area contributed by atoms with Gasteiger partial charge in [0.25, 0.3) is 0 Å². The van der Waals surface area contributed by atoms with Crippen LogP contribution in [-0.2, 0) is 11.3 Å². The Morgan fingerprint density at radius 2 is 1.74 bits per heavy atom. The molecule has 0 saturated carbocycles. The largest absolute Gasteiger partial charge is 0.357 e. The summed E-state index contributed by atoms with van der Waals surface area (Å²) in [7, 11) is 0. The third-order valence-electron chi connectivity index (χ3n) is 2.40. The van der Waals surface area contributed by atoms with Gasteiger partial charge < -0.3 is 16.0 Å². The van der Waals surface area contributed by atoms with E-state index in [4.69, 9.17) is 0 Å². The number of guanidine groups is 1. The van der Waals surface area contributed by atoms with Crippen LogP contribution in [0.1, 0.15) is 19.4 Å². The highest BCUT2D eigenvalue weighted by atomic mass is 16.1. The minimum absolute atomic E-state index is 0.0344. The first-order chi connectivity index (χ1) is 9.26. The summed E-state index contributed by atoms with van der Waals surface area (Å²) < 4.78 is 0. The highest BCUT2D eigenvalue weighted by molar-refractivity contribution is 5.86. The van der Waals surface area contributed by atoms with Crippen LogP contribution in [0.3, 0.4) is 0 Å². The maximum absolute atomic E-state index is 11.4. The number of likely N-dealkylation sites (N-methyl/N-ethyl adjacent to an activating group) is 1. The smallest absolute Gasteiger partial charge is 0.239 e. The summed E-state index contributed by atoms with van der Waals surface area (Å²) >= 11 is 0. The van der Waals surface area contributed by atoms with E-state index in [0.717, 1.165) is 12.1 Å². The predicted molar refractivity (Wildman–Crippen MR) is 77.9 cm³/mol. The zero-order chi connectivity index (χ0) is 13.9. The van der Waals surface area contributed by atoms with Gasteiger partial charge in [-0.3, -0.25) is 4.79 Å². The standard InChI is InChI=1S/C14H22N4O/c1-3-15-13(19)11-18-14(16-4-2)17-10-12-8-6-5-7-9-12/h5-9H,3-4,10-11H2,1-2H3,(H,15,19)(H2,16,17,18). The van der Waals surface area contributed by atoms with Crippen molar-refractivity contribution in [2.45, 2.75) is 20.4 Å². The van der Waals surface area contributed by atoms with Gasteiger partial charge in [-0.2, -0.15) is 0 Å². The number of carbonyl (C=O) groups excluding carboxylic acids is 1. The second-order valence-corrected chi connectivity index (χ2v) is 3.99. The van der Waals surface area contributed by atoms with Gasteiger partial charge in [-0.05, 0) is 19.4 Å². The monoisotopic (exact) mass is 262 g/mol. The second-order valence-electron chi connectivity index (χ2n) is 3.99. The van der Waals surface area contributed by atoms with E-state index in [1.807, 2.05) is 44.2 Å². The van der Waals surface area contributed by atoms with Crippen molar-refractivity contribution in [3.8, 4) is 0 Å². The molecule has 5 nitrogen and oxygen atoms in total. The molecule has 1 aromatic carbocycles. The van der Waals surface area contributed by atoms with Crippen LogP contribution in [0, 0.1) is 0 Å². The van der Waals surface area contributed by atoms with Crippen molar-refractivity contribution in [2.75, 3.05) is 19.6 Å². The predicted octanol–water partition coefficient (Wildman–Crippen LogP) is 0.878. The molecule has 1 amide bonds. The quantitative estimate of drug-likeness (QED) is 0.526. The van der Waals surface area contributed by atoms with Crippen LogP contribution >= 0.6 is 0 Å². The molecule has 104 valence electrons. The summed E-state index contributed by atoms with van der Waals surface area (Å²) in [6, 6.07) is 10.00. The molecule has 0 aliphatic carbocycles. The fourth-order valence-corrected chi connectivity index (χ4v) is 1.52. The third kappa shape index (κ3) is 6.45. The Bertz CT molecular complexity index is 403. The Balaban J connectivity index is 2.49. The zero-order valence-corrected chi connectivity index (χ0v) is 11.6. The first-order valence-electron chi connectivity index (χ1n) is 6.59. The third-order valence-corrected chi connectivity index (χ3v) is 2.40. The molecule has 0 aromatic heterocycles. The van der Waals surface area contributed by atoms with Crippen LogP contribution in [0.2, 0.25) is 0 Å². The molecule has 3 N–H and O–H groups in total. The van der Waals surface area contributed by atoms with Gasteiger partial charge in [0.15, 0.2) is 5.96 Å². The molecular weight excluding hydrogens is 240 g/mol. The van der Waals surface area contributed by atoms with Gasteiger partial charge in [0.1, 0.15) is 0 Å². The van der Waals surface area contributed by atoms with E-state index in [1.165, 1.54) is 0 Å². The minimum Gasteiger partial charge on any atom is -0.357 e. The molecule has 0 unspecified atom stereocenters. The Morgan fingerprint density at radius 1 is 1.05 bits per heavy atom. The summed E-state index contributed by atoms with van der Waals surface area (Å²) in [5.74, 6) is 0.616. The van der Waals surface area contributed by atoms with E-state index >= 15 is 0 Å². The molecule has 5 heteroatoms. The molecule has 0 saturated heterocycles. The highest BCUT2D eigenvalue weighted by Gasteiger charge is 2.01. The van der Waals surface area contributed by atoms with Crippen molar-refractivity contribution in [3.05, 3.63) is 35.9 Å². The van der Waals surface area contributed by atoms with Crippen molar-refractivity contribution < 1.29 is 4.79 Å². The number of hydrogen-bond donors (Lipinski definition) is 3. The van der Waals surface area contributed by atoms with E-state index in [9.17, 15) is 4.79 Å². The SMILES string of the molecule is CCNC(=O)CNC(=NCc1ccccc1)NCC. The first-order valence-corrected chi connectivity index (χ1v) is 6.59. The van der Waals surface area contributed by atoms with Gasteiger partial charge in [-0.25, -0.2) is 4.99 Å². The van der Waals surface area contributed by atoms with E-state index in [2.05, 4.69) is 20.9 Å². The number of rotatable bonds is 6. The van der Waals surface area contributed by atoms with Gasteiger partial charge in [-0.15, -0.1) is 0 Å². The summed E-state index contributed by atoms with van der Waals surface area (Å²) in [4.78, 5) is 15.8. The zero-order valence-electron chi connectivity index (χ0n) is 11.6. The number of carbonyl (C=O) groups is 1. The van der Waals surface area contributed by atoms with Gasteiger partial charge in [0.05, 0.1) is 13.1 Å². The minimum atomic E-state index is -0.0344. The Morgan fingerprint density at radius 3 is 2.37 bits per heavy atom. The van der Waals surface area contributed by atoms with Crippen LogP contribution in [0.4, 0.5) is 0 Å². The lowest BCUT2D eigenvalue weighted by molar-refractivity contribution is -0.119. The van der Waals surface area contributed by atoms with E-state index < -0.39 is 0 Å². The number of aliphatic imine (C=N–C) groups is 1. The van der Waals surface area contributed by atoms with Crippen LogP contribution in [0.25, 0.3) is 0 Å². The molecule has 0 spiro atoms. The summed E-state index contributed by atoms with van der Waals surface area (Å²) in [5.41, 5.74) is 1.14.